The molecule has 2 unspecified atom stereocenters. The summed E-state index contributed by atoms with van der Waals surface area (Å²) in [5.41, 5.74) is 0. The van der Waals surface area contributed by atoms with Gasteiger partial charge in [-0.1, -0.05) is 18.3 Å². The van der Waals surface area contributed by atoms with Gasteiger partial charge in [-0.05, 0) is 43.8 Å². The predicted octanol–water partition coefficient (Wildman–Crippen LogP) is 2.81. The van der Waals surface area contributed by atoms with E-state index < -0.39 is 0 Å². The third-order valence-electron chi connectivity index (χ3n) is 3.06. The fraction of sp³-hybridized carbons (Fsp3) is 0.800. The summed E-state index contributed by atoms with van der Waals surface area (Å²) in [7, 11) is 0. The monoisotopic (exact) mass is 245 g/mol. The molecule has 1 fully saturated rings. The Labute approximate surface area is 99.5 Å². The maximum absolute atomic E-state index is 5.76. The van der Waals surface area contributed by atoms with E-state index in [1.54, 1.807) is 0 Å². The van der Waals surface area contributed by atoms with Crippen molar-refractivity contribution >= 4 is 22.9 Å². The Hall–Kier alpha value is -0.190. The molecule has 0 aromatic carbocycles. The highest BCUT2D eigenvalue weighted by atomic mass is 35.5. The van der Waals surface area contributed by atoms with E-state index in [1.807, 2.05) is 0 Å². The maximum atomic E-state index is 5.76. The second-order valence-electron chi connectivity index (χ2n) is 4.40. The van der Waals surface area contributed by atoms with Crippen LogP contribution in [-0.4, -0.2) is 27.7 Å². The molecule has 1 aliphatic rings. The molecule has 0 bridgehead atoms. The summed E-state index contributed by atoms with van der Waals surface area (Å²) in [4.78, 5) is 2.47. The fourth-order valence-electron chi connectivity index (χ4n) is 2.16. The number of nitrogens with zero attached hydrogens (tertiary/aromatic N) is 3. The van der Waals surface area contributed by atoms with Crippen molar-refractivity contribution in [3.8, 4) is 0 Å². The first-order valence-electron chi connectivity index (χ1n) is 5.37. The SMILES string of the molecule is CC1CCN(Cc2nnc(Cl)s2)C(C)C1. The van der Waals surface area contributed by atoms with E-state index in [0.717, 1.165) is 17.5 Å². The van der Waals surface area contributed by atoms with Crippen molar-refractivity contribution in [2.75, 3.05) is 6.54 Å². The van der Waals surface area contributed by atoms with Crippen LogP contribution >= 0.6 is 22.9 Å². The van der Waals surface area contributed by atoms with E-state index in [0.29, 0.717) is 10.5 Å². The van der Waals surface area contributed by atoms with Gasteiger partial charge in [0.15, 0.2) is 0 Å². The molecule has 5 heteroatoms. The highest BCUT2D eigenvalue weighted by Gasteiger charge is 2.23. The molecule has 1 aromatic heterocycles. The van der Waals surface area contributed by atoms with Crippen LogP contribution in [0.2, 0.25) is 4.47 Å². The first-order chi connectivity index (χ1) is 7.15. The van der Waals surface area contributed by atoms with Crippen molar-refractivity contribution in [3.05, 3.63) is 9.47 Å². The van der Waals surface area contributed by atoms with Gasteiger partial charge >= 0.3 is 0 Å². The minimum absolute atomic E-state index is 0.544. The molecule has 84 valence electrons. The lowest BCUT2D eigenvalue weighted by atomic mass is 9.93. The van der Waals surface area contributed by atoms with Crippen molar-refractivity contribution in [3.63, 3.8) is 0 Å². The van der Waals surface area contributed by atoms with E-state index in [9.17, 15) is 0 Å². The zero-order valence-corrected chi connectivity index (χ0v) is 10.7. The van der Waals surface area contributed by atoms with Crippen LogP contribution < -0.4 is 0 Å². The van der Waals surface area contributed by atoms with E-state index in [-0.39, 0.29) is 0 Å². The van der Waals surface area contributed by atoms with Crippen LogP contribution in [0, 0.1) is 5.92 Å². The Kier molecular flexibility index (Phi) is 3.59. The summed E-state index contributed by atoms with van der Waals surface area (Å²) in [5, 5.41) is 8.92. The lowest BCUT2D eigenvalue weighted by molar-refractivity contribution is 0.122. The zero-order chi connectivity index (χ0) is 10.8. The summed E-state index contributed by atoms with van der Waals surface area (Å²) in [6, 6.07) is 0.649. The highest BCUT2D eigenvalue weighted by molar-refractivity contribution is 7.15. The van der Waals surface area contributed by atoms with Crippen LogP contribution in [0.3, 0.4) is 0 Å². The number of rotatable bonds is 2. The first kappa shape index (κ1) is 11.3. The molecule has 0 N–H and O–H groups in total. The Bertz CT molecular complexity index is 328. The van der Waals surface area contributed by atoms with E-state index in [4.69, 9.17) is 11.6 Å². The molecule has 0 saturated carbocycles. The van der Waals surface area contributed by atoms with Gasteiger partial charge in [0.2, 0.25) is 4.47 Å². The topological polar surface area (TPSA) is 29.0 Å². The smallest absolute Gasteiger partial charge is 0.207 e. The van der Waals surface area contributed by atoms with Gasteiger partial charge in [0.25, 0.3) is 0 Å². The number of hydrogen-bond donors (Lipinski definition) is 0. The van der Waals surface area contributed by atoms with Gasteiger partial charge in [-0.2, -0.15) is 0 Å². The highest BCUT2D eigenvalue weighted by Crippen LogP contribution is 2.25. The number of piperidine rings is 1. The standard InChI is InChI=1S/C10H16ClN3S/c1-7-3-4-14(8(2)5-7)6-9-12-13-10(11)15-9/h7-8H,3-6H2,1-2H3. The third kappa shape index (κ3) is 2.89. The minimum atomic E-state index is 0.544. The van der Waals surface area contributed by atoms with Crippen molar-refractivity contribution in [2.24, 2.45) is 5.92 Å². The minimum Gasteiger partial charge on any atom is -0.294 e. The maximum Gasteiger partial charge on any atom is 0.207 e. The number of likely N-dealkylation sites (tertiary alicyclic amines) is 1. The van der Waals surface area contributed by atoms with Gasteiger partial charge in [-0.3, -0.25) is 4.90 Å². The van der Waals surface area contributed by atoms with Crippen molar-refractivity contribution < 1.29 is 0 Å². The lowest BCUT2D eigenvalue weighted by Crippen LogP contribution is -2.39. The van der Waals surface area contributed by atoms with Crippen molar-refractivity contribution in [2.45, 2.75) is 39.3 Å². The summed E-state index contributed by atoms with van der Waals surface area (Å²) < 4.78 is 0.544. The first-order valence-corrected chi connectivity index (χ1v) is 6.56. The van der Waals surface area contributed by atoms with Crippen LogP contribution in [-0.2, 0) is 6.54 Å². The Morgan fingerprint density at radius 3 is 2.87 bits per heavy atom. The average molecular weight is 246 g/mol. The van der Waals surface area contributed by atoms with Gasteiger partial charge in [0, 0.05) is 6.04 Å². The largest absolute Gasteiger partial charge is 0.294 e. The Morgan fingerprint density at radius 1 is 1.47 bits per heavy atom. The average Bonchev–Trinajstić information content (AvgIpc) is 2.56. The van der Waals surface area contributed by atoms with Crippen molar-refractivity contribution in [1.82, 2.24) is 15.1 Å². The quantitative estimate of drug-likeness (QED) is 0.803. The zero-order valence-electron chi connectivity index (χ0n) is 9.11. The van der Waals surface area contributed by atoms with E-state index in [1.165, 1.54) is 30.7 Å². The van der Waals surface area contributed by atoms with Crippen molar-refractivity contribution in [1.29, 1.82) is 0 Å². The predicted molar refractivity (Wildman–Crippen MR) is 63.2 cm³/mol. The molecule has 1 saturated heterocycles. The molecular formula is C10H16ClN3S. The molecule has 1 aliphatic heterocycles. The second-order valence-corrected chi connectivity index (χ2v) is 6.04. The molecule has 0 spiro atoms. The molecule has 2 rings (SSSR count). The van der Waals surface area contributed by atoms with Crippen LogP contribution in [0.15, 0.2) is 0 Å². The molecule has 2 heterocycles. The number of halogens is 1. The summed E-state index contributed by atoms with van der Waals surface area (Å²) >= 11 is 7.25. The molecule has 0 aliphatic carbocycles. The molecule has 0 radical (unpaired) electrons. The van der Waals surface area contributed by atoms with Crippen LogP contribution in [0.25, 0.3) is 0 Å². The van der Waals surface area contributed by atoms with Gasteiger partial charge in [-0.25, -0.2) is 0 Å². The number of hydrogen-bond acceptors (Lipinski definition) is 4. The van der Waals surface area contributed by atoms with Gasteiger partial charge < -0.3 is 0 Å². The Balaban J connectivity index is 1.94. The van der Waals surface area contributed by atoms with E-state index in [2.05, 4.69) is 28.9 Å². The lowest BCUT2D eigenvalue weighted by Gasteiger charge is -2.35. The molecular weight excluding hydrogens is 230 g/mol. The Morgan fingerprint density at radius 2 is 2.27 bits per heavy atom. The number of aromatic nitrogens is 2. The summed E-state index contributed by atoms with van der Waals surface area (Å²) in [6.45, 7) is 6.69. The molecule has 2 atom stereocenters. The van der Waals surface area contributed by atoms with Gasteiger partial charge in [0.1, 0.15) is 5.01 Å². The van der Waals surface area contributed by atoms with Crippen LogP contribution in [0.1, 0.15) is 31.7 Å². The van der Waals surface area contributed by atoms with Gasteiger partial charge in [-0.15, -0.1) is 10.2 Å². The molecule has 3 nitrogen and oxygen atoms in total. The normalized spacial score (nSPS) is 28.2. The fourth-order valence-corrected chi connectivity index (χ4v) is 3.05. The molecule has 0 amide bonds. The van der Waals surface area contributed by atoms with Crippen LogP contribution in [0.4, 0.5) is 0 Å². The third-order valence-corrected chi connectivity index (χ3v) is 4.06. The van der Waals surface area contributed by atoms with Gasteiger partial charge in [0.05, 0.1) is 6.54 Å². The van der Waals surface area contributed by atoms with Crippen LogP contribution in [0.5, 0.6) is 0 Å². The second kappa shape index (κ2) is 4.76. The summed E-state index contributed by atoms with van der Waals surface area (Å²) in [5.74, 6) is 0.856. The molecule has 1 aromatic rings. The van der Waals surface area contributed by atoms with E-state index >= 15 is 0 Å². The molecule has 15 heavy (non-hydrogen) atoms. The summed E-state index contributed by atoms with van der Waals surface area (Å²) in [6.07, 6.45) is 2.57.